The zero-order chi connectivity index (χ0) is 13.7. The summed E-state index contributed by atoms with van der Waals surface area (Å²) in [5, 5.41) is 3.72. The first kappa shape index (κ1) is 14.6. The molecule has 0 spiro atoms. The van der Waals surface area contributed by atoms with E-state index in [0.29, 0.717) is 11.5 Å². The monoisotopic (exact) mass is 259 g/mol. The zero-order valence-corrected chi connectivity index (χ0v) is 12.8. The van der Waals surface area contributed by atoms with Crippen LogP contribution in [0, 0.1) is 5.41 Å². The second-order valence-electron chi connectivity index (χ2n) is 6.30. The highest BCUT2D eigenvalue weighted by molar-refractivity contribution is 5.25. The molecule has 1 aliphatic rings. The predicted molar refractivity (Wildman–Crippen MR) is 83.4 cm³/mol. The van der Waals surface area contributed by atoms with Crippen LogP contribution in [0.25, 0.3) is 0 Å². The Hall–Kier alpha value is -0.820. The SMILES string of the molecule is CCCCc1ccc(C(C)NCC2(CC)CC2)cc1. The van der Waals surface area contributed by atoms with E-state index in [1.807, 2.05) is 0 Å². The maximum atomic E-state index is 3.72. The molecule has 0 amide bonds. The van der Waals surface area contributed by atoms with Gasteiger partial charge in [0.05, 0.1) is 0 Å². The van der Waals surface area contributed by atoms with Crippen molar-refractivity contribution < 1.29 is 0 Å². The molecule has 0 bridgehead atoms. The van der Waals surface area contributed by atoms with Crippen molar-refractivity contribution in [2.24, 2.45) is 5.41 Å². The fourth-order valence-electron chi connectivity index (χ4n) is 2.67. The largest absolute Gasteiger partial charge is 0.310 e. The molecule has 1 aromatic carbocycles. The number of nitrogens with one attached hydrogen (secondary N) is 1. The van der Waals surface area contributed by atoms with E-state index in [9.17, 15) is 0 Å². The molecule has 0 aromatic heterocycles. The first-order chi connectivity index (χ1) is 9.19. The predicted octanol–water partition coefficient (Wildman–Crippen LogP) is 4.87. The van der Waals surface area contributed by atoms with Gasteiger partial charge in [-0.1, -0.05) is 44.5 Å². The smallest absolute Gasteiger partial charge is 0.0292 e. The summed E-state index contributed by atoms with van der Waals surface area (Å²) >= 11 is 0. The summed E-state index contributed by atoms with van der Waals surface area (Å²) in [6.45, 7) is 8.04. The van der Waals surface area contributed by atoms with E-state index in [4.69, 9.17) is 0 Å². The molecule has 1 saturated carbocycles. The van der Waals surface area contributed by atoms with E-state index in [1.54, 1.807) is 0 Å². The molecule has 106 valence electrons. The average molecular weight is 259 g/mol. The molecule has 0 aliphatic heterocycles. The fraction of sp³-hybridized carbons (Fsp3) is 0.667. The Morgan fingerprint density at radius 3 is 2.37 bits per heavy atom. The van der Waals surface area contributed by atoms with Crippen molar-refractivity contribution in [3.05, 3.63) is 35.4 Å². The highest BCUT2D eigenvalue weighted by Gasteiger charge is 2.40. The van der Waals surface area contributed by atoms with Gasteiger partial charge in [-0.2, -0.15) is 0 Å². The van der Waals surface area contributed by atoms with Crippen molar-refractivity contribution in [1.29, 1.82) is 0 Å². The van der Waals surface area contributed by atoms with Gasteiger partial charge in [0.25, 0.3) is 0 Å². The lowest BCUT2D eigenvalue weighted by Crippen LogP contribution is -2.26. The summed E-state index contributed by atoms with van der Waals surface area (Å²) in [5.74, 6) is 0. The number of rotatable bonds is 8. The lowest BCUT2D eigenvalue weighted by atomic mass is 10.0. The number of aryl methyl sites for hydroxylation is 1. The maximum absolute atomic E-state index is 3.72. The van der Waals surface area contributed by atoms with Crippen LogP contribution in [0.15, 0.2) is 24.3 Å². The molecule has 0 saturated heterocycles. The van der Waals surface area contributed by atoms with Crippen LogP contribution in [0.2, 0.25) is 0 Å². The van der Waals surface area contributed by atoms with Crippen LogP contribution in [-0.2, 0) is 6.42 Å². The van der Waals surface area contributed by atoms with Gasteiger partial charge in [-0.25, -0.2) is 0 Å². The maximum Gasteiger partial charge on any atom is 0.0292 e. The molecule has 2 rings (SSSR count). The molecule has 1 heteroatoms. The molecule has 1 aromatic rings. The molecule has 1 fully saturated rings. The second kappa shape index (κ2) is 6.56. The van der Waals surface area contributed by atoms with Crippen molar-refractivity contribution in [1.82, 2.24) is 5.32 Å². The minimum Gasteiger partial charge on any atom is -0.310 e. The van der Waals surface area contributed by atoms with E-state index in [1.165, 1.54) is 56.2 Å². The Bertz CT molecular complexity index is 375. The Morgan fingerprint density at radius 1 is 1.16 bits per heavy atom. The third kappa shape index (κ3) is 4.07. The van der Waals surface area contributed by atoms with Crippen LogP contribution < -0.4 is 5.32 Å². The van der Waals surface area contributed by atoms with Crippen molar-refractivity contribution in [2.45, 2.75) is 65.3 Å². The van der Waals surface area contributed by atoms with Gasteiger partial charge in [0.15, 0.2) is 0 Å². The minimum atomic E-state index is 0.476. The number of hydrogen-bond donors (Lipinski definition) is 1. The molecular formula is C18H29N. The van der Waals surface area contributed by atoms with Gasteiger partial charge in [0, 0.05) is 12.6 Å². The lowest BCUT2D eigenvalue weighted by Gasteiger charge is -2.19. The Balaban J connectivity index is 1.83. The van der Waals surface area contributed by atoms with Gasteiger partial charge in [-0.3, -0.25) is 0 Å². The van der Waals surface area contributed by atoms with Gasteiger partial charge in [0.2, 0.25) is 0 Å². The van der Waals surface area contributed by atoms with Crippen molar-refractivity contribution in [2.75, 3.05) is 6.54 Å². The van der Waals surface area contributed by atoms with Crippen LogP contribution in [-0.4, -0.2) is 6.54 Å². The highest BCUT2D eigenvalue weighted by atomic mass is 14.9. The van der Waals surface area contributed by atoms with Crippen LogP contribution in [0.3, 0.4) is 0 Å². The van der Waals surface area contributed by atoms with Crippen molar-refractivity contribution in [3.8, 4) is 0 Å². The van der Waals surface area contributed by atoms with E-state index >= 15 is 0 Å². The van der Waals surface area contributed by atoms with Gasteiger partial charge in [-0.05, 0) is 55.6 Å². The third-order valence-electron chi connectivity index (χ3n) is 4.79. The summed E-state index contributed by atoms with van der Waals surface area (Å²) in [5.41, 5.74) is 3.53. The molecule has 1 N–H and O–H groups in total. The summed E-state index contributed by atoms with van der Waals surface area (Å²) < 4.78 is 0. The standard InChI is InChI=1S/C18H29N/c1-4-6-7-16-8-10-17(11-9-16)15(3)19-14-18(5-2)12-13-18/h8-11,15,19H,4-7,12-14H2,1-3H3. The summed E-state index contributed by atoms with van der Waals surface area (Å²) in [7, 11) is 0. The van der Waals surface area contributed by atoms with Crippen LogP contribution >= 0.6 is 0 Å². The Labute approximate surface area is 118 Å². The topological polar surface area (TPSA) is 12.0 Å². The van der Waals surface area contributed by atoms with Crippen molar-refractivity contribution >= 4 is 0 Å². The second-order valence-corrected chi connectivity index (χ2v) is 6.30. The van der Waals surface area contributed by atoms with Crippen molar-refractivity contribution in [3.63, 3.8) is 0 Å². The molecule has 1 nitrogen and oxygen atoms in total. The fourth-order valence-corrected chi connectivity index (χ4v) is 2.67. The molecule has 1 unspecified atom stereocenters. The zero-order valence-electron chi connectivity index (χ0n) is 12.8. The Morgan fingerprint density at radius 2 is 1.84 bits per heavy atom. The summed E-state index contributed by atoms with van der Waals surface area (Å²) in [4.78, 5) is 0. The van der Waals surface area contributed by atoms with E-state index in [-0.39, 0.29) is 0 Å². The molecular weight excluding hydrogens is 230 g/mol. The number of benzene rings is 1. The van der Waals surface area contributed by atoms with Crippen LogP contribution in [0.5, 0.6) is 0 Å². The molecule has 19 heavy (non-hydrogen) atoms. The highest BCUT2D eigenvalue weighted by Crippen LogP contribution is 2.48. The van der Waals surface area contributed by atoms with Crippen LogP contribution in [0.4, 0.5) is 0 Å². The number of unbranched alkanes of at least 4 members (excludes halogenated alkanes) is 1. The van der Waals surface area contributed by atoms with Gasteiger partial charge in [0.1, 0.15) is 0 Å². The van der Waals surface area contributed by atoms with E-state index < -0.39 is 0 Å². The first-order valence-corrected chi connectivity index (χ1v) is 8.01. The lowest BCUT2D eigenvalue weighted by molar-refractivity contribution is 0.415. The van der Waals surface area contributed by atoms with Gasteiger partial charge < -0.3 is 5.32 Å². The van der Waals surface area contributed by atoms with E-state index in [2.05, 4.69) is 50.4 Å². The molecule has 0 heterocycles. The minimum absolute atomic E-state index is 0.476. The summed E-state index contributed by atoms with van der Waals surface area (Å²) in [6.07, 6.45) is 7.95. The van der Waals surface area contributed by atoms with E-state index in [0.717, 1.165) is 0 Å². The average Bonchev–Trinajstić information content (AvgIpc) is 3.24. The van der Waals surface area contributed by atoms with Gasteiger partial charge in [-0.15, -0.1) is 0 Å². The number of hydrogen-bond acceptors (Lipinski definition) is 1. The van der Waals surface area contributed by atoms with Gasteiger partial charge >= 0.3 is 0 Å². The quantitative estimate of drug-likeness (QED) is 0.702. The third-order valence-corrected chi connectivity index (χ3v) is 4.79. The van der Waals surface area contributed by atoms with Crippen LogP contribution in [0.1, 0.15) is 70.0 Å². The molecule has 1 atom stereocenters. The molecule has 1 aliphatic carbocycles. The molecule has 0 radical (unpaired) electrons. The Kier molecular flexibility index (Phi) is 5.04. The normalized spacial score (nSPS) is 18.3. The summed E-state index contributed by atoms with van der Waals surface area (Å²) in [6, 6.07) is 9.68. The first-order valence-electron chi connectivity index (χ1n) is 8.01.